The standard InChI is InChI=1S/C31H38N6O3/c1-3-28(39)37-16-15-36(19-22(37)10-13-32)29-25-9-12-31(11-8-21-6-7-24(38)17-26(21)31)18-27(25)33-30(34-29)40-20-23-5-4-14-35(23)2/h3,6-7,17,22-23,38H,1,4-5,8-12,14-16,18-20H2,2H3/t22-,23-,31?/m0/s1. The third-order valence-electron chi connectivity index (χ3n) is 9.59. The number of fused-ring (bicyclic) bond motifs is 3. The maximum Gasteiger partial charge on any atom is 0.318 e. The minimum Gasteiger partial charge on any atom is -0.508 e. The second kappa shape index (κ2) is 10.7. The number of nitriles is 1. The first-order valence-corrected chi connectivity index (χ1v) is 14.5. The molecule has 9 heteroatoms. The van der Waals surface area contributed by atoms with E-state index < -0.39 is 0 Å². The maximum absolute atomic E-state index is 12.5. The average molecular weight is 543 g/mol. The van der Waals surface area contributed by atoms with Gasteiger partial charge in [-0.2, -0.15) is 15.2 Å². The molecular formula is C31H38N6O3. The van der Waals surface area contributed by atoms with E-state index in [9.17, 15) is 15.2 Å². The first-order valence-electron chi connectivity index (χ1n) is 14.5. The Hall–Kier alpha value is -3.64. The Labute approximate surface area is 236 Å². The van der Waals surface area contributed by atoms with E-state index >= 15 is 0 Å². The molecule has 210 valence electrons. The molecule has 0 radical (unpaired) electrons. The number of carbonyl (C=O) groups excluding carboxylic acids is 1. The Kier molecular flexibility index (Phi) is 7.13. The van der Waals surface area contributed by atoms with E-state index in [0.29, 0.717) is 44.0 Å². The zero-order chi connectivity index (χ0) is 27.9. The van der Waals surface area contributed by atoms with Crippen LogP contribution in [0.4, 0.5) is 5.82 Å². The lowest BCUT2D eigenvalue weighted by Crippen LogP contribution is -2.55. The highest BCUT2D eigenvalue weighted by molar-refractivity contribution is 5.87. The van der Waals surface area contributed by atoms with Crippen molar-refractivity contribution in [3.63, 3.8) is 0 Å². The largest absolute Gasteiger partial charge is 0.508 e. The maximum atomic E-state index is 12.5. The summed E-state index contributed by atoms with van der Waals surface area (Å²) in [6, 6.07) is 8.58. The number of aromatic hydroxyl groups is 1. The van der Waals surface area contributed by atoms with E-state index in [-0.39, 0.29) is 23.8 Å². The van der Waals surface area contributed by atoms with E-state index in [1.807, 2.05) is 6.07 Å². The second-order valence-corrected chi connectivity index (χ2v) is 11.8. The summed E-state index contributed by atoms with van der Waals surface area (Å²) in [5, 5.41) is 19.8. The lowest BCUT2D eigenvalue weighted by Gasteiger charge is -2.42. The van der Waals surface area contributed by atoms with Crippen molar-refractivity contribution in [3.05, 3.63) is 53.2 Å². The van der Waals surface area contributed by atoms with Crippen LogP contribution in [0.25, 0.3) is 0 Å². The van der Waals surface area contributed by atoms with Crippen LogP contribution >= 0.6 is 0 Å². The SMILES string of the molecule is C=CC(=O)N1CCN(c2nc(OC[C@@H]3CCCN3C)nc3c2CCC2(CCc4ccc(O)cc42)C3)C[C@@H]1CC#N. The second-order valence-electron chi connectivity index (χ2n) is 11.8. The van der Waals surface area contributed by atoms with Crippen LogP contribution in [0.3, 0.4) is 0 Å². The van der Waals surface area contributed by atoms with E-state index in [4.69, 9.17) is 14.7 Å². The van der Waals surface area contributed by atoms with Crippen molar-refractivity contribution >= 4 is 11.7 Å². The highest BCUT2D eigenvalue weighted by atomic mass is 16.5. The number of carbonyl (C=O) groups is 1. The van der Waals surface area contributed by atoms with Crippen LogP contribution in [0.1, 0.15) is 54.5 Å². The van der Waals surface area contributed by atoms with Crippen molar-refractivity contribution in [2.45, 2.75) is 68.9 Å². The number of amides is 1. The molecule has 1 spiro atoms. The number of piperazine rings is 1. The van der Waals surface area contributed by atoms with Gasteiger partial charge in [-0.3, -0.25) is 4.79 Å². The Morgan fingerprint density at radius 2 is 2.10 bits per heavy atom. The molecule has 1 aromatic heterocycles. The quantitative estimate of drug-likeness (QED) is 0.555. The lowest BCUT2D eigenvalue weighted by atomic mass is 9.69. The van der Waals surface area contributed by atoms with Gasteiger partial charge in [0.2, 0.25) is 5.91 Å². The number of benzene rings is 1. The van der Waals surface area contributed by atoms with Gasteiger partial charge in [-0.1, -0.05) is 12.6 Å². The molecule has 0 saturated carbocycles. The smallest absolute Gasteiger partial charge is 0.318 e. The van der Waals surface area contributed by atoms with Crippen LogP contribution < -0.4 is 9.64 Å². The fourth-order valence-electron chi connectivity index (χ4n) is 7.32. The first kappa shape index (κ1) is 26.6. The molecule has 2 aliphatic heterocycles. The summed E-state index contributed by atoms with van der Waals surface area (Å²) in [7, 11) is 2.14. The van der Waals surface area contributed by atoms with Crippen LogP contribution in [0.15, 0.2) is 30.9 Å². The zero-order valence-electron chi connectivity index (χ0n) is 23.3. The van der Waals surface area contributed by atoms with Crippen molar-refractivity contribution in [1.82, 2.24) is 19.8 Å². The molecule has 1 unspecified atom stereocenters. The number of aromatic nitrogens is 2. The summed E-state index contributed by atoms with van der Waals surface area (Å²) in [5.41, 5.74) is 4.68. The molecule has 2 saturated heterocycles. The molecule has 2 fully saturated rings. The number of ether oxygens (including phenoxy) is 1. The number of likely N-dealkylation sites (tertiary alicyclic amines) is 1. The Morgan fingerprint density at radius 3 is 2.88 bits per heavy atom. The summed E-state index contributed by atoms with van der Waals surface area (Å²) in [6.07, 6.45) is 8.49. The van der Waals surface area contributed by atoms with E-state index in [2.05, 4.69) is 35.6 Å². The molecule has 1 amide bonds. The fraction of sp³-hybridized carbons (Fsp3) is 0.548. The number of nitrogens with zero attached hydrogens (tertiary/aromatic N) is 6. The molecule has 4 aliphatic rings. The molecule has 2 aliphatic carbocycles. The zero-order valence-corrected chi connectivity index (χ0v) is 23.3. The van der Waals surface area contributed by atoms with Crippen LogP contribution in [-0.4, -0.2) is 82.7 Å². The summed E-state index contributed by atoms with van der Waals surface area (Å²) in [4.78, 5) is 28.8. The van der Waals surface area contributed by atoms with Gasteiger partial charge in [-0.05, 0) is 87.9 Å². The number of phenolic OH excluding ortho intramolecular Hbond substituents is 1. The monoisotopic (exact) mass is 542 g/mol. The molecular weight excluding hydrogens is 504 g/mol. The normalized spacial score (nSPS) is 25.9. The predicted octanol–water partition coefficient (Wildman–Crippen LogP) is 3.14. The van der Waals surface area contributed by atoms with E-state index in [1.54, 1.807) is 11.0 Å². The number of likely N-dealkylation sites (N-methyl/N-ethyl adjacent to an activating group) is 1. The number of phenols is 1. The summed E-state index contributed by atoms with van der Waals surface area (Å²) in [5.74, 6) is 1.05. The predicted molar refractivity (Wildman–Crippen MR) is 151 cm³/mol. The first-order chi connectivity index (χ1) is 19.4. The Morgan fingerprint density at radius 1 is 1.25 bits per heavy atom. The molecule has 40 heavy (non-hydrogen) atoms. The van der Waals surface area contributed by atoms with Crippen molar-refractivity contribution in [2.75, 3.05) is 44.7 Å². The molecule has 9 nitrogen and oxygen atoms in total. The van der Waals surface area contributed by atoms with Crippen molar-refractivity contribution in [3.8, 4) is 17.8 Å². The van der Waals surface area contributed by atoms with Gasteiger partial charge < -0.3 is 24.5 Å². The number of aryl methyl sites for hydroxylation is 1. The highest BCUT2D eigenvalue weighted by Gasteiger charge is 2.44. The number of anilines is 1. The molecule has 0 bridgehead atoms. The Bertz CT molecular complexity index is 1360. The number of rotatable bonds is 6. The number of hydrogen-bond donors (Lipinski definition) is 1. The summed E-state index contributed by atoms with van der Waals surface area (Å²) >= 11 is 0. The minimum atomic E-state index is -0.231. The van der Waals surface area contributed by atoms with Crippen LogP contribution in [0, 0.1) is 11.3 Å². The molecule has 2 aromatic rings. The molecule has 6 rings (SSSR count). The highest BCUT2D eigenvalue weighted by Crippen LogP contribution is 2.49. The van der Waals surface area contributed by atoms with E-state index in [1.165, 1.54) is 23.6 Å². The van der Waals surface area contributed by atoms with Gasteiger partial charge in [0, 0.05) is 36.7 Å². The third kappa shape index (κ3) is 4.79. The molecule has 3 atom stereocenters. The van der Waals surface area contributed by atoms with Crippen LogP contribution in [0.2, 0.25) is 0 Å². The molecule has 1 N–H and O–H groups in total. The van der Waals surface area contributed by atoms with Gasteiger partial charge in [-0.25, -0.2) is 0 Å². The third-order valence-corrected chi connectivity index (χ3v) is 9.59. The van der Waals surface area contributed by atoms with Crippen LogP contribution in [0.5, 0.6) is 11.8 Å². The van der Waals surface area contributed by atoms with Crippen molar-refractivity contribution in [2.24, 2.45) is 0 Å². The summed E-state index contributed by atoms with van der Waals surface area (Å²) < 4.78 is 6.29. The minimum absolute atomic E-state index is 0.0476. The van der Waals surface area contributed by atoms with Gasteiger partial charge in [0.25, 0.3) is 0 Å². The molecule has 3 heterocycles. The topological polar surface area (TPSA) is 106 Å². The lowest BCUT2D eigenvalue weighted by molar-refractivity contribution is -0.128. The van der Waals surface area contributed by atoms with Gasteiger partial charge in [-0.15, -0.1) is 0 Å². The molecule has 1 aromatic carbocycles. The fourth-order valence-corrected chi connectivity index (χ4v) is 7.32. The van der Waals surface area contributed by atoms with Gasteiger partial charge in [0.15, 0.2) is 0 Å². The van der Waals surface area contributed by atoms with Gasteiger partial charge in [0.1, 0.15) is 18.2 Å². The van der Waals surface area contributed by atoms with E-state index in [0.717, 1.165) is 62.1 Å². The number of hydrogen-bond acceptors (Lipinski definition) is 8. The average Bonchev–Trinajstić information content (AvgIpc) is 3.53. The van der Waals surface area contributed by atoms with Gasteiger partial charge in [0.05, 0.1) is 24.2 Å². The van der Waals surface area contributed by atoms with Crippen molar-refractivity contribution in [1.29, 1.82) is 5.26 Å². The van der Waals surface area contributed by atoms with Crippen LogP contribution in [-0.2, 0) is 29.5 Å². The summed E-state index contributed by atoms with van der Waals surface area (Å²) in [6.45, 7) is 6.94. The Balaban J connectivity index is 1.34. The van der Waals surface area contributed by atoms with Crippen molar-refractivity contribution < 1.29 is 14.6 Å². The van der Waals surface area contributed by atoms with Gasteiger partial charge >= 0.3 is 6.01 Å².